The molecule has 5 heteroatoms. The minimum Gasteiger partial charge on any atom is -0.545 e. The molecule has 1 N–H and O–H groups in total. The molecule has 0 fully saturated rings. The van der Waals surface area contributed by atoms with Crippen molar-refractivity contribution >= 4 is 11.8 Å². The number of aromatic carboxylic acids is 1. The number of ketones is 1. The number of carboxylic acids is 1. The molecule has 0 heterocycles. The Balaban J connectivity index is 0.00000169. The molecule has 0 saturated heterocycles. The molecule has 14 heavy (non-hydrogen) atoms. The summed E-state index contributed by atoms with van der Waals surface area (Å²) in [5, 5.41) is 19.7. The van der Waals surface area contributed by atoms with Gasteiger partial charge >= 0.3 is 29.6 Å². The number of aromatic hydroxyl groups is 1. The van der Waals surface area contributed by atoms with Crippen LogP contribution in [0.25, 0.3) is 0 Å². The number of carbonyl (C=O) groups is 2. The van der Waals surface area contributed by atoms with Gasteiger partial charge in [-0.3, -0.25) is 4.79 Å². The molecule has 0 radical (unpaired) electrons. The van der Waals surface area contributed by atoms with Crippen LogP contribution < -0.4 is 34.7 Å². The zero-order valence-electron chi connectivity index (χ0n) is 7.90. The molecular formula is C9H7NaO4. The summed E-state index contributed by atoms with van der Waals surface area (Å²) in [6, 6.07) is 3.91. The van der Waals surface area contributed by atoms with Crippen LogP contribution in [0.2, 0.25) is 0 Å². The number of carbonyl (C=O) groups excluding carboxylic acids is 2. The number of hydrogen-bond donors (Lipinski definition) is 1. The van der Waals surface area contributed by atoms with Crippen LogP contribution >= 0.6 is 0 Å². The maximum absolute atomic E-state index is 10.9. The molecule has 0 amide bonds. The van der Waals surface area contributed by atoms with Crippen molar-refractivity contribution in [3.8, 4) is 5.75 Å². The maximum Gasteiger partial charge on any atom is 1.00 e. The SMILES string of the molecule is CC(=O)c1cccc(C(=O)[O-])c1O.[Na+]. The van der Waals surface area contributed by atoms with Crippen molar-refractivity contribution in [2.75, 3.05) is 0 Å². The Morgan fingerprint density at radius 3 is 2.21 bits per heavy atom. The van der Waals surface area contributed by atoms with Crippen LogP contribution in [-0.4, -0.2) is 16.9 Å². The Kier molecular flexibility index (Phi) is 4.83. The van der Waals surface area contributed by atoms with E-state index in [0.29, 0.717) is 0 Å². The van der Waals surface area contributed by atoms with E-state index in [1.54, 1.807) is 0 Å². The fourth-order valence-corrected chi connectivity index (χ4v) is 0.992. The van der Waals surface area contributed by atoms with Crippen molar-refractivity contribution in [3.05, 3.63) is 29.3 Å². The van der Waals surface area contributed by atoms with E-state index in [1.807, 2.05) is 0 Å². The molecular weight excluding hydrogens is 195 g/mol. The summed E-state index contributed by atoms with van der Waals surface area (Å²) in [4.78, 5) is 21.3. The van der Waals surface area contributed by atoms with Gasteiger partial charge in [0, 0.05) is 5.56 Å². The Bertz CT molecular complexity index is 341. The number of carboxylic acid groups (broad SMARTS) is 1. The van der Waals surface area contributed by atoms with Gasteiger partial charge < -0.3 is 15.0 Å². The first kappa shape index (κ1) is 13.2. The molecule has 68 valence electrons. The zero-order chi connectivity index (χ0) is 10.0. The molecule has 0 aliphatic heterocycles. The molecule has 1 aromatic carbocycles. The van der Waals surface area contributed by atoms with Gasteiger partial charge in [0.25, 0.3) is 0 Å². The van der Waals surface area contributed by atoms with E-state index in [-0.39, 0.29) is 46.5 Å². The van der Waals surface area contributed by atoms with Crippen LogP contribution in [-0.2, 0) is 0 Å². The molecule has 4 nitrogen and oxygen atoms in total. The Labute approximate surface area is 103 Å². The molecule has 0 bridgehead atoms. The average molecular weight is 202 g/mol. The van der Waals surface area contributed by atoms with E-state index in [1.165, 1.54) is 25.1 Å². The van der Waals surface area contributed by atoms with E-state index < -0.39 is 11.7 Å². The summed E-state index contributed by atoms with van der Waals surface area (Å²) in [5.74, 6) is -2.42. The molecule has 0 saturated carbocycles. The third kappa shape index (κ3) is 2.57. The van der Waals surface area contributed by atoms with Crippen molar-refractivity contribution in [3.63, 3.8) is 0 Å². The first-order valence-corrected chi connectivity index (χ1v) is 3.58. The van der Waals surface area contributed by atoms with Crippen molar-refractivity contribution in [2.24, 2.45) is 0 Å². The van der Waals surface area contributed by atoms with Crippen LogP contribution in [0, 0.1) is 0 Å². The van der Waals surface area contributed by atoms with Crippen LogP contribution in [0.15, 0.2) is 18.2 Å². The second-order valence-electron chi connectivity index (χ2n) is 2.55. The van der Waals surface area contributed by atoms with Gasteiger partial charge in [0.05, 0.1) is 11.5 Å². The Hall–Kier alpha value is -0.840. The smallest absolute Gasteiger partial charge is 0.545 e. The second-order valence-corrected chi connectivity index (χ2v) is 2.55. The topological polar surface area (TPSA) is 77.4 Å². The number of hydrogen-bond acceptors (Lipinski definition) is 4. The fraction of sp³-hybridized carbons (Fsp3) is 0.111. The van der Waals surface area contributed by atoms with Gasteiger partial charge in [-0.1, -0.05) is 6.07 Å². The molecule has 0 unspecified atom stereocenters. The molecule has 0 aliphatic carbocycles. The second kappa shape index (κ2) is 5.14. The average Bonchev–Trinajstić information content (AvgIpc) is 2.03. The predicted octanol–water partition coefficient (Wildman–Crippen LogP) is -3.04. The number of phenols is 1. The van der Waals surface area contributed by atoms with Crippen molar-refractivity contribution in [1.82, 2.24) is 0 Å². The maximum atomic E-state index is 10.9. The van der Waals surface area contributed by atoms with Gasteiger partial charge in [-0.25, -0.2) is 0 Å². The first-order chi connectivity index (χ1) is 6.04. The van der Waals surface area contributed by atoms with Crippen molar-refractivity contribution in [2.45, 2.75) is 6.92 Å². The van der Waals surface area contributed by atoms with Gasteiger partial charge in [-0.15, -0.1) is 0 Å². The summed E-state index contributed by atoms with van der Waals surface area (Å²) in [7, 11) is 0. The van der Waals surface area contributed by atoms with Gasteiger partial charge in [0.15, 0.2) is 5.78 Å². The van der Waals surface area contributed by atoms with Crippen molar-refractivity contribution < 1.29 is 49.4 Å². The fourth-order valence-electron chi connectivity index (χ4n) is 0.992. The summed E-state index contributed by atoms with van der Waals surface area (Å²) in [6.07, 6.45) is 0. The first-order valence-electron chi connectivity index (χ1n) is 3.58. The van der Waals surface area contributed by atoms with E-state index >= 15 is 0 Å². The Morgan fingerprint density at radius 1 is 1.29 bits per heavy atom. The third-order valence-corrected chi connectivity index (χ3v) is 1.64. The quantitative estimate of drug-likeness (QED) is 0.408. The van der Waals surface area contributed by atoms with Gasteiger partial charge in [0.1, 0.15) is 5.75 Å². The minimum absolute atomic E-state index is 0. The van der Waals surface area contributed by atoms with Crippen molar-refractivity contribution in [1.29, 1.82) is 0 Å². The summed E-state index contributed by atoms with van der Waals surface area (Å²) in [6.45, 7) is 1.24. The van der Waals surface area contributed by atoms with E-state index in [9.17, 15) is 19.8 Å². The zero-order valence-corrected chi connectivity index (χ0v) is 9.90. The van der Waals surface area contributed by atoms with E-state index in [0.717, 1.165) is 0 Å². The molecule has 1 rings (SSSR count). The summed E-state index contributed by atoms with van der Waals surface area (Å²) >= 11 is 0. The molecule has 0 atom stereocenters. The van der Waals surface area contributed by atoms with Crippen LogP contribution in [0.1, 0.15) is 27.6 Å². The number of rotatable bonds is 2. The van der Waals surface area contributed by atoms with E-state index in [4.69, 9.17) is 0 Å². The van der Waals surface area contributed by atoms with Crippen LogP contribution in [0.3, 0.4) is 0 Å². The van der Waals surface area contributed by atoms with Gasteiger partial charge in [-0.05, 0) is 19.1 Å². The molecule has 1 aromatic rings. The summed E-state index contributed by atoms with van der Waals surface area (Å²) in [5.41, 5.74) is -0.380. The normalized spacial score (nSPS) is 8.93. The van der Waals surface area contributed by atoms with E-state index in [2.05, 4.69) is 0 Å². The predicted molar refractivity (Wildman–Crippen MR) is 42.4 cm³/mol. The van der Waals surface area contributed by atoms with Crippen LogP contribution in [0.5, 0.6) is 5.75 Å². The minimum atomic E-state index is -1.50. The standard InChI is InChI=1S/C9H8O4.Na/c1-5(10)6-3-2-4-7(8(6)11)9(12)13;/h2-4,11H,1H3,(H,12,13);/q;+1/p-1. The van der Waals surface area contributed by atoms with Gasteiger partial charge in [-0.2, -0.15) is 0 Å². The monoisotopic (exact) mass is 202 g/mol. The number of benzene rings is 1. The third-order valence-electron chi connectivity index (χ3n) is 1.64. The number of para-hydroxylation sites is 1. The Morgan fingerprint density at radius 2 is 1.79 bits per heavy atom. The largest absolute Gasteiger partial charge is 1.00 e. The van der Waals surface area contributed by atoms with Gasteiger partial charge in [0.2, 0.25) is 0 Å². The molecule has 0 spiro atoms. The number of Topliss-reactive ketones (excluding diaryl/α,β-unsaturated/α-hetero) is 1. The summed E-state index contributed by atoms with van der Waals surface area (Å²) < 4.78 is 0. The molecule has 0 aromatic heterocycles. The molecule has 0 aliphatic rings. The van der Waals surface area contributed by atoms with Crippen LogP contribution in [0.4, 0.5) is 0 Å².